The van der Waals surface area contributed by atoms with Crippen LogP contribution in [-0.4, -0.2) is 13.2 Å². The predicted molar refractivity (Wildman–Crippen MR) is 68.4 cm³/mol. The van der Waals surface area contributed by atoms with Gasteiger partial charge < -0.3 is 10.5 Å². The molecule has 1 rings (SSSR count). The summed E-state index contributed by atoms with van der Waals surface area (Å²) in [6, 6.07) is 8.61. The summed E-state index contributed by atoms with van der Waals surface area (Å²) >= 11 is 0. The van der Waals surface area contributed by atoms with Gasteiger partial charge in [-0.25, -0.2) is 0 Å². The third kappa shape index (κ3) is 3.95. The zero-order chi connectivity index (χ0) is 12.0. The van der Waals surface area contributed by atoms with Crippen molar-refractivity contribution in [3.63, 3.8) is 0 Å². The van der Waals surface area contributed by atoms with Gasteiger partial charge in [0.05, 0.1) is 6.10 Å². The first kappa shape index (κ1) is 13.2. The molecular weight excluding hydrogens is 198 g/mol. The minimum Gasteiger partial charge on any atom is -0.372 e. The molecule has 0 aliphatic heterocycles. The van der Waals surface area contributed by atoms with E-state index in [4.69, 9.17) is 10.5 Å². The highest BCUT2D eigenvalue weighted by Crippen LogP contribution is 2.18. The molecule has 0 aliphatic rings. The highest BCUT2D eigenvalue weighted by Gasteiger charge is 2.08. The molecule has 0 saturated heterocycles. The molecular formula is C14H23NO. The summed E-state index contributed by atoms with van der Waals surface area (Å²) in [7, 11) is 0. The Kier molecular flexibility index (Phi) is 5.50. The van der Waals surface area contributed by atoms with E-state index in [1.54, 1.807) is 0 Å². The molecule has 0 amide bonds. The first-order valence-electron chi connectivity index (χ1n) is 6.07. The second-order valence-corrected chi connectivity index (χ2v) is 4.52. The third-order valence-electron chi connectivity index (χ3n) is 2.58. The lowest BCUT2D eigenvalue weighted by atomic mass is 10.0. The predicted octanol–water partition coefficient (Wildman–Crippen LogP) is 2.92. The maximum Gasteiger partial charge on any atom is 0.0946 e. The molecule has 16 heavy (non-hydrogen) atoms. The Labute approximate surface area is 98.8 Å². The highest BCUT2D eigenvalue weighted by atomic mass is 16.5. The third-order valence-corrected chi connectivity index (χ3v) is 2.58. The highest BCUT2D eigenvalue weighted by molar-refractivity contribution is 5.24. The summed E-state index contributed by atoms with van der Waals surface area (Å²) in [6.07, 6.45) is 1.17. The van der Waals surface area contributed by atoms with Gasteiger partial charge in [-0.15, -0.1) is 0 Å². The van der Waals surface area contributed by atoms with Crippen LogP contribution < -0.4 is 5.73 Å². The van der Waals surface area contributed by atoms with Crippen molar-refractivity contribution in [1.82, 2.24) is 0 Å². The second kappa shape index (κ2) is 6.66. The van der Waals surface area contributed by atoms with Crippen LogP contribution in [-0.2, 0) is 11.2 Å². The number of hydrogen-bond donors (Lipinski definition) is 1. The minimum atomic E-state index is 0.0399. The van der Waals surface area contributed by atoms with Crippen LogP contribution in [0, 0.1) is 5.92 Å². The molecule has 1 unspecified atom stereocenters. The average Bonchev–Trinajstić information content (AvgIpc) is 2.26. The molecule has 1 aromatic rings. The standard InChI is InChI=1S/C14H23NO/c1-4-16-14(10-15)13-7-5-12(6-8-13)9-11(2)3/h5-8,11,14H,4,9-10,15H2,1-3H3. The lowest BCUT2D eigenvalue weighted by Gasteiger charge is -2.15. The van der Waals surface area contributed by atoms with Gasteiger partial charge >= 0.3 is 0 Å². The largest absolute Gasteiger partial charge is 0.372 e. The van der Waals surface area contributed by atoms with E-state index in [0.717, 1.165) is 6.42 Å². The van der Waals surface area contributed by atoms with E-state index in [9.17, 15) is 0 Å². The van der Waals surface area contributed by atoms with Crippen molar-refractivity contribution >= 4 is 0 Å². The van der Waals surface area contributed by atoms with E-state index in [1.807, 2.05) is 6.92 Å². The molecule has 2 nitrogen and oxygen atoms in total. The minimum absolute atomic E-state index is 0.0399. The zero-order valence-electron chi connectivity index (χ0n) is 10.6. The van der Waals surface area contributed by atoms with Crippen LogP contribution in [0.4, 0.5) is 0 Å². The summed E-state index contributed by atoms with van der Waals surface area (Å²) in [5.74, 6) is 0.697. The first-order chi connectivity index (χ1) is 7.67. The Morgan fingerprint density at radius 3 is 2.25 bits per heavy atom. The van der Waals surface area contributed by atoms with Crippen LogP contribution >= 0.6 is 0 Å². The molecule has 0 radical (unpaired) electrons. The van der Waals surface area contributed by atoms with Crippen molar-refractivity contribution in [2.45, 2.75) is 33.3 Å². The number of rotatable bonds is 6. The van der Waals surface area contributed by atoms with Crippen molar-refractivity contribution in [2.75, 3.05) is 13.2 Å². The SMILES string of the molecule is CCOC(CN)c1ccc(CC(C)C)cc1. The average molecular weight is 221 g/mol. The molecule has 1 atom stereocenters. The van der Waals surface area contributed by atoms with Gasteiger partial charge in [-0.3, -0.25) is 0 Å². The van der Waals surface area contributed by atoms with Crippen LogP contribution in [0.2, 0.25) is 0 Å². The Morgan fingerprint density at radius 2 is 1.81 bits per heavy atom. The fourth-order valence-corrected chi connectivity index (χ4v) is 1.84. The van der Waals surface area contributed by atoms with Crippen LogP contribution in [0.15, 0.2) is 24.3 Å². The zero-order valence-corrected chi connectivity index (χ0v) is 10.6. The van der Waals surface area contributed by atoms with E-state index in [0.29, 0.717) is 19.1 Å². The maximum absolute atomic E-state index is 5.68. The molecule has 0 spiro atoms. The topological polar surface area (TPSA) is 35.2 Å². The summed E-state index contributed by atoms with van der Waals surface area (Å²) in [4.78, 5) is 0. The maximum atomic E-state index is 5.68. The van der Waals surface area contributed by atoms with Gasteiger partial charge in [0, 0.05) is 13.2 Å². The van der Waals surface area contributed by atoms with Crippen molar-refractivity contribution in [2.24, 2.45) is 11.7 Å². The van der Waals surface area contributed by atoms with Gasteiger partial charge in [0.2, 0.25) is 0 Å². The first-order valence-corrected chi connectivity index (χ1v) is 6.07. The van der Waals surface area contributed by atoms with Gasteiger partial charge in [0.15, 0.2) is 0 Å². The van der Waals surface area contributed by atoms with E-state index >= 15 is 0 Å². The molecule has 0 saturated carbocycles. The van der Waals surface area contributed by atoms with Gasteiger partial charge in [-0.2, -0.15) is 0 Å². The fraction of sp³-hybridized carbons (Fsp3) is 0.571. The van der Waals surface area contributed by atoms with E-state index in [-0.39, 0.29) is 6.10 Å². The number of ether oxygens (including phenoxy) is 1. The molecule has 0 heterocycles. The summed E-state index contributed by atoms with van der Waals surface area (Å²) < 4.78 is 5.57. The lowest BCUT2D eigenvalue weighted by molar-refractivity contribution is 0.0688. The van der Waals surface area contributed by atoms with Gasteiger partial charge in [0.1, 0.15) is 0 Å². The fourth-order valence-electron chi connectivity index (χ4n) is 1.84. The van der Waals surface area contributed by atoms with E-state index in [2.05, 4.69) is 38.1 Å². The molecule has 0 aliphatic carbocycles. The normalized spacial score (nSPS) is 13.1. The van der Waals surface area contributed by atoms with Crippen molar-refractivity contribution in [3.8, 4) is 0 Å². The summed E-state index contributed by atoms with van der Waals surface area (Å²) in [5.41, 5.74) is 8.24. The summed E-state index contributed by atoms with van der Waals surface area (Å²) in [5, 5.41) is 0. The molecule has 1 aromatic carbocycles. The van der Waals surface area contributed by atoms with Gasteiger partial charge in [-0.1, -0.05) is 38.1 Å². The number of nitrogens with two attached hydrogens (primary N) is 1. The lowest BCUT2D eigenvalue weighted by Crippen LogP contribution is -2.15. The monoisotopic (exact) mass is 221 g/mol. The number of benzene rings is 1. The number of hydrogen-bond acceptors (Lipinski definition) is 2. The molecule has 90 valence electrons. The molecule has 0 aromatic heterocycles. The van der Waals surface area contributed by atoms with Crippen molar-refractivity contribution < 1.29 is 4.74 Å². The van der Waals surface area contributed by atoms with Crippen LogP contribution in [0.25, 0.3) is 0 Å². The Balaban J connectivity index is 2.69. The van der Waals surface area contributed by atoms with Crippen LogP contribution in [0.5, 0.6) is 0 Å². The molecule has 0 bridgehead atoms. The smallest absolute Gasteiger partial charge is 0.0946 e. The van der Waals surface area contributed by atoms with Gasteiger partial charge in [-0.05, 0) is 30.4 Å². The molecule has 0 fully saturated rings. The Morgan fingerprint density at radius 1 is 1.19 bits per heavy atom. The molecule has 2 N–H and O–H groups in total. The molecule has 2 heteroatoms. The van der Waals surface area contributed by atoms with Crippen molar-refractivity contribution in [3.05, 3.63) is 35.4 Å². The van der Waals surface area contributed by atoms with Gasteiger partial charge in [0.25, 0.3) is 0 Å². The Hall–Kier alpha value is -0.860. The summed E-state index contributed by atoms with van der Waals surface area (Å²) in [6.45, 7) is 7.70. The van der Waals surface area contributed by atoms with Crippen LogP contribution in [0.3, 0.4) is 0 Å². The van der Waals surface area contributed by atoms with Crippen LogP contribution in [0.1, 0.15) is 38.0 Å². The van der Waals surface area contributed by atoms with E-state index in [1.165, 1.54) is 11.1 Å². The van der Waals surface area contributed by atoms with E-state index < -0.39 is 0 Å². The Bertz CT molecular complexity index is 292. The quantitative estimate of drug-likeness (QED) is 0.801. The second-order valence-electron chi connectivity index (χ2n) is 4.52. The van der Waals surface area contributed by atoms with Crippen molar-refractivity contribution in [1.29, 1.82) is 0 Å².